The molecule has 2 aliphatic heterocycles. The number of ether oxygens (including phenoxy) is 1. The lowest BCUT2D eigenvalue weighted by atomic mass is 10.0. The summed E-state index contributed by atoms with van der Waals surface area (Å²) in [5, 5.41) is 0. The number of pyridine rings is 1. The lowest BCUT2D eigenvalue weighted by Gasteiger charge is -2.41. The first-order chi connectivity index (χ1) is 12.7. The van der Waals surface area contributed by atoms with Gasteiger partial charge in [0, 0.05) is 44.6 Å². The Morgan fingerprint density at radius 3 is 2.81 bits per heavy atom. The van der Waals surface area contributed by atoms with E-state index in [0.717, 1.165) is 45.6 Å². The molecule has 1 atom stereocenters. The molecule has 26 heavy (non-hydrogen) atoms. The van der Waals surface area contributed by atoms with Crippen LogP contribution in [0.5, 0.6) is 0 Å². The van der Waals surface area contributed by atoms with Gasteiger partial charge in [0.1, 0.15) is 17.8 Å². The summed E-state index contributed by atoms with van der Waals surface area (Å²) in [6.07, 6.45) is 7.54. The molecular weight excluding hydrogens is 330 g/mol. The van der Waals surface area contributed by atoms with Crippen LogP contribution in [-0.4, -0.2) is 75.2 Å². The Bertz CT molecular complexity index is 740. The highest BCUT2D eigenvalue weighted by molar-refractivity contribution is 5.92. The van der Waals surface area contributed by atoms with E-state index in [2.05, 4.69) is 21.8 Å². The Hall–Kier alpha value is -2.25. The predicted octanol–water partition coefficient (Wildman–Crippen LogP) is 1.59. The van der Waals surface area contributed by atoms with E-state index in [9.17, 15) is 4.79 Å². The van der Waals surface area contributed by atoms with Gasteiger partial charge in [-0.15, -0.1) is 0 Å². The molecule has 0 radical (unpaired) electrons. The van der Waals surface area contributed by atoms with Crippen LogP contribution in [0, 0.1) is 0 Å². The van der Waals surface area contributed by atoms with Crippen LogP contribution in [0.1, 0.15) is 30.3 Å². The number of amides is 1. The fourth-order valence-electron chi connectivity index (χ4n) is 3.85. The summed E-state index contributed by atoms with van der Waals surface area (Å²) in [6.45, 7) is 6.50. The normalized spacial score (nSPS) is 22.5. The number of imidazole rings is 1. The quantitative estimate of drug-likeness (QED) is 0.837. The van der Waals surface area contributed by atoms with Crippen LogP contribution >= 0.6 is 0 Å². The Balaban J connectivity index is 1.38. The number of likely N-dealkylation sites (tertiary alicyclic amines) is 1. The van der Waals surface area contributed by atoms with Crippen molar-refractivity contribution in [2.75, 3.05) is 32.8 Å². The zero-order chi connectivity index (χ0) is 17.9. The van der Waals surface area contributed by atoms with Gasteiger partial charge in [-0.05, 0) is 31.9 Å². The van der Waals surface area contributed by atoms with Crippen molar-refractivity contribution in [2.45, 2.75) is 31.9 Å². The van der Waals surface area contributed by atoms with Gasteiger partial charge in [-0.3, -0.25) is 14.3 Å². The molecule has 1 unspecified atom stereocenters. The van der Waals surface area contributed by atoms with E-state index in [1.807, 2.05) is 27.8 Å². The van der Waals surface area contributed by atoms with Crippen molar-refractivity contribution in [3.05, 3.63) is 42.6 Å². The maximum Gasteiger partial charge on any atom is 0.272 e. The fraction of sp³-hybridized carbons (Fsp3) is 0.526. The first-order valence-electron chi connectivity index (χ1n) is 9.31. The number of morpholine rings is 1. The zero-order valence-electron chi connectivity index (χ0n) is 15.1. The summed E-state index contributed by atoms with van der Waals surface area (Å²) < 4.78 is 7.45. The van der Waals surface area contributed by atoms with Gasteiger partial charge in [-0.2, -0.15) is 0 Å². The highest BCUT2D eigenvalue weighted by atomic mass is 16.5. The Kier molecular flexibility index (Phi) is 4.99. The molecule has 4 heterocycles. The van der Waals surface area contributed by atoms with Crippen LogP contribution in [0.4, 0.5) is 0 Å². The van der Waals surface area contributed by atoms with E-state index >= 15 is 0 Å². The minimum atomic E-state index is 0.0146. The molecule has 0 N–H and O–H groups in total. The molecule has 2 aliphatic rings. The van der Waals surface area contributed by atoms with Crippen molar-refractivity contribution in [2.24, 2.45) is 0 Å². The molecule has 4 rings (SSSR count). The van der Waals surface area contributed by atoms with Gasteiger partial charge in [0.25, 0.3) is 5.91 Å². The van der Waals surface area contributed by atoms with Crippen molar-refractivity contribution >= 4 is 5.91 Å². The van der Waals surface area contributed by atoms with Crippen molar-refractivity contribution in [1.82, 2.24) is 24.3 Å². The number of carbonyl (C=O) groups excluding carboxylic acids is 1. The van der Waals surface area contributed by atoms with Crippen molar-refractivity contribution in [3.8, 4) is 5.82 Å². The molecule has 2 fully saturated rings. The SMILES string of the molecule is CC1CN(C2CCN(C(=O)c3cccc(-n4ccnc4)n3)CC2)CCO1. The number of carbonyl (C=O) groups is 1. The van der Waals surface area contributed by atoms with E-state index in [1.165, 1.54) is 0 Å². The van der Waals surface area contributed by atoms with E-state index in [4.69, 9.17) is 4.74 Å². The molecule has 0 bridgehead atoms. The van der Waals surface area contributed by atoms with Crippen LogP contribution in [0.25, 0.3) is 5.82 Å². The number of aromatic nitrogens is 3. The number of hydrogen-bond acceptors (Lipinski definition) is 5. The molecule has 1 amide bonds. The number of hydrogen-bond donors (Lipinski definition) is 0. The molecule has 138 valence electrons. The average Bonchev–Trinajstić information content (AvgIpc) is 3.23. The van der Waals surface area contributed by atoms with E-state index in [1.54, 1.807) is 18.6 Å². The second-order valence-corrected chi connectivity index (χ2v) is 7.05. The van der Waals surface area contributed by atoms with Crippen LogP contribution in [0.15, 0.2) is 36.9 Å². The summed E-state index contributed by atoms with van der Waals surface area (Å²) in [7, 11) is 0. The van der Waals surface area contributed by atoms with Crippen molar-refractivity contribution in [1.29, 1.82) is 0 Å². The molecular formula is C19H25N5O2. The van der Waals surface area contributed by atoms with Crippen LogP contribution in [0.3, 0.4) is 0 Å². The number of rotatable bonds is 3. The minimum absolute atomic E-state index is 0.0146. The Morgan fingerprint density at radius 1 is 1.23 bits per heavy atom. The van der Waals surface area contributed by atoms with E-state index < -0.39 is 0 Å². The molecule has 7 nitrogen and oxygen atoms in total. The third kappa shape index (κ3) is 3.64. The molecule has 0 saturated carbocycles. The molecule has 2 saturated heterocycles. The Morgan fingerprint density at radius 2 is 2.08 bits per heavy atom. The summed E-state index contributed by atoms with van der Waals surface area (Å²) in [6, 6.07) is 6.09. The zero-order valence-corrected chi connectivity index (χ0v) is 15.1. The van der Waals surface area contributed by atoms with Gasteiger partial charge in [0.2, 0.25) is 0 Å². The molecule has 7 heteroatoms. The highest BCUT2D eigenvalue weighted by Crippen LogP contribution is 2.20. The van der Waals surface area contributed by atoms with Gasteiger partial charge >= 0.3 is 0 Å². The summed E-state index contributed by atoms with van der Waals surface area (Å²) in [4.78, 5) is 25.9. The van der Waals surface area contributed by atoms with Gasteiger partial charge in [-0.25, -0.2) is 9.97 Å². The largest absolute Gasteiger partial charge is 0.376 e. The third-order valence-electron chi connectivity index (χ3n) is 5.26. The highest BCUT2D eigenvalue weighted by Gasteiger charge is 2.30. The van der Waals surface area contributed by atoms with Crippen LogP contribution in [-0.2, 0) is 4.74 Å². The maximum absolute atomic E-state index is 12.9. The standard InChI is InChI=1S/C19H25N5O2/c1-15-13-23(11-12-26-15)16-5-8-22(9-6-16)19(25)17-3-2-4-18(21-17)24-10-7-20-14-24/h2-4,7,10,14-16H,5-6,8-9,11-13H2,1H3. The first-order valence-corrected chi connectivity index (χ1v) is 9.31. The third-order valence-corrected chi connectivity index (χ3v) is 5.26. The van der Waals surface area contributed by atoms with Gasteiger partial charge < -0.3 is 9.64 Å². The van der Waals surface area contributed by atoms with Crippen LogP contribution < -0.4 is 0 Å². The first kappa shape index (κ1) is 17.2. The van der Waals surface area contributed by atoms with Crippen molar-refractivity contribution < 1.29 is 9.53 Å². The van der Waals surface area contributed by atoms with Gasteiger partial charge in [0.05, 0.1) is 12.7 Å². The fourth-order valence-corrected chi connectivity index (χ4v) is 3.85. The summed E-state index contributed by atoms with van der Waals surface area (Å²) in [5.74, 6) is 0.728. The summed E-state index contributed by atoms with van der Waals surface area (Å²) in [5.41, 5.74) is 0.495. The average molecular weight is 355 g/mol. The lowest BCUT2D eigenvalue weighted by Crippen LogP contribution is -2.51. The maximum atomic E-state index is 12.9. The van der Waals surface area contributed by atoms with Crippen LogP contribution in [0.2, 0.25) is 0 Å². The minimum Gasteiger partial charge on any atom is -0.376 e. The topological polar surface area (TPSA) is 63.5 Å². The second kappa shape index (κ2) is 7.55. The molecule has 2 aromatic heterocycles. The smallest absolute Gasteiger partial charge is 0.272 e. The van der Waals surface area contributed by atoms with Gasteiger partial charge in [-0.1, -0.05) is 6.07 Å². The monoisotopic (exact) mass is 355 g/mol. The Labute approximate surface area is 153 Å². The molecule has 0 aliphatic carbocycles. The predicted molar refractivity (Wildman–Crippen MR) is 97.3 cm³/mol. The molecule has 0 aromatic carbocycles. The van der Waals surface area contributed by atoms with E-state index in [0.29, 0.717) is 23.7 Å². The number of nitrogens with zero attached hydrogens (tertiary/aromatic N) is 5. The summed E-state index contributed by atoms with van der Waals surface area (Å²) >= 11 is 0. The number of piperidine rings is 1. The van der Waals surface area contributed by atoms with Crippen molar-refractivity contribution in [3.63, 3.8) is 0 Å². The second-order valence-electron chi connectivity index (χ2n) is 7.05. The van der Waals surface area contributed by atoms with E-state index in [-0.39, 0.29) is 5.91 Å². The molecule has 2 aromatic rings. The van der Waals surface area contributed by atoms with Gasteiger partial charge in [0.15, 0.2) is 0 Å². The lowest BCUT2D eigenvalue weighted by molar-refractivity contribution is -0.0424. The molecule has 0 spiro atoms.